The molecule has 1 nitrogen and oxygen atoms in total. The lowest BCUT2D eigenvalue weighted by Crippen LogP contribution is -2.14. The van der Waals surface area contributed by atoms with Crippen molar-refractivity contribution < 1.29 is 0 Å². The lowest BCUT2D eigenvalue weighted by molar-refractivity contribution is 0.872. The maximum atomic E-state index is 4.17. The SMILES string of the molecule is C/C=C\C=C/C(S)NC. The van der Waals surface area contributed by atoms with Gasteiger partial charge in [-0.3, -0.25) is 0 Å². The van der Waals surface area contributed by atoms with E-state index in [2.05, 4.69) is 17.9 Å². The number of thiol groups is 1. The molecule has 0 amide bonds. The second-order valence-electron chi connectivity index (χ2n) is 1.64. The minimum Gasteiger partial charge on any atom is -0.305 e. The van der Waals surface area contributed by atoms with Gasteiger partial charge in [-0.15, -0.1) is 0 Å². The number of hydrogen-bond donors (Lipinski definition) is 2. The molecule has 0 aromatic carbocycles. The van der Waals surface area contributed by atoms with Crippen molar-refractivity contribution >= 4 is 12.6 Å². The van der Waals surface area contributed by atoms with Crippen LogP contribution in [0.15, 0.2) is 24.3 Å². The Morgan fingerprint density at radius 3 is 2.56 bits per heavy atom. The first-order chi connectivity index (χ1) is 4.31. The fourth-order valence-electron chi connectivity index (χ4n) is 0.377. The molecule has 52 valence electrons. The van der Waals surface area contributed by atoms with Crippen LogP contribution < -0.4 is 5.32 Å². The first kappa shape index (κ1) is 8.79. The number of likely N-dealkylation sites (N-methyl/N-ethyl adjacent to an activating group) is 1. The summed E-state index contributed by atoms with van der Waals surface area (Å²) in [6, 6.07) is 0. The van der Waals surface area contributed by atoms with E-state index >= 15 is 0 Å². The summed E-state index contributed by atoms with van der Waals surface area (Å²) in [7, 11) is 1.87. The molecule has 0 rings (SSSR count). The third kappa shape index (κ3) is 5.66. The van der Waals surface area contributed by atoms with Gasteiger partial charge in [0.25, 0.3) is 0 Å². The van der Waals surface area contributed by atoms with Crippen molar-refractivity contribution in [3.8, 4) is 0 Å². The van der Waals surface area contributed by atoms with Crippen LogP contribution in [0.1, 0.15) is 6.92 Å². The number of hydrogen-bond acceptors (Lipinski definition) is 2. The van der Waals surface area contributed by atoms with Crippen molar-refractivity contribution in [1.29, 1.82) is 0 Å². The largest absolute Gasteiger partial charge is 0.305 e. The van der Waals surface area contributed by atoms with Gasteiger partial charge in [0.1, 0.15) is 0 Å². The molecule has 0 aliphatic rings. The van der Waals surface area contributed by atoms with Gasteiger partial charge in [0.05, 0.1) is 5.37 Å². The molecule has 0 saturated carbocycles. The summed E-state index contributed by atoms with van der Waals surface area (Å²) in [6.07, 6.45) is 7.89. The molecule has 2 heteroatoms. The Morgan fingerprint density at radius 2 is 2.11 bits per heavy atom. The fraction of sp³-hybridized carbons (Fsp3) is 0.429. The first-order valence-corrected chi connectivity index (χ1v) is 3.47. The third-order valence-corrected chi connectivity index (χ3v) is 1.32. The molecule has 1 atom stereocenters. The number of rotatable bonds is 3. The third-order valence-electron chi connectivity index (χ3n) is 0.893. The zero-order valence-electron chi connectivity index (χ0n) is 5.83. The van der Waals surface area contributed by atoms with Crippen LogP contribution in [-0.2, 0) is 0 Å². The maximum Gasteiger partial charge on any atom is 0.0690 e. The second-order valence-corrected chi connectivity index (χ2v) is 2.20. The van der Waals surface area contributed by atoms with Gasteiger partial charge in [-0.1, -0.05) is 24.3 Å². The van der Waals surface area contributed by atoms with Gasteiger partial charge in [-0.05, 0) is 14.0 Å². The Morgan fingerprint density at radius 1 is 1.44 bits per heavy atom. The quantitative estimate of drug-likeness (QED) is 0.347. The molecule has 0 radical (unpaired) electrons. The molecule has 0 saturated heterocycles. The lowest BCUT2D eigenvalue weighted by Gasteiger charge is -1.98. The van der Waals surface area contributed by atoms with Gasteiger partial charge in [-0.2, -0.15) is 12.6 Å². The first-order valence-electron chi connectivity index (χ1n) is 2.96. The molecule has 0 fully saturated rings. The van der Waals surface area contributed by atoms with E-state index in [9.17, 15) is 0 Å². The fourth-order valence-corrected chi connectivity index (χ4v) is 0.476. The highest BCUT2D eigenvalue weighted by Crippen LogP contribution is 1.89. The van der Waals surface area contributed by atoms with Crippen LogP contribution in [0.2, 0.25) is 0 Å². The summed E-state index contributed by atoms with van der Waals surface area (Å²) in [5.74, 6) is 0. The normalized spacial score (nSPS) is 15.4. The predicted molar refractivity (Wildman–Crippen MR) is 45.8 cm³/mol. The Labute approximate surface area is 62.3 Å². The van der Waals surface area contributed by atoms with Crippen LogP contribution in [0.5, 0.6) is 0 Å². The zero-order valence-corrected chi connectivity index (χ0v) is 6.73. The standard InChI is InChI=1S/C7H13NS/c1-3-4-5-6-7(9)8-2/h3-9H,1-2H3/b4-3-,6-5-. The van der Waals surface area contributed by atoms with Crippen molar-refractivity contribution in [3.63, 3.8) is 0 Å². The van der Waals surface area contributed by atoms with Crippen LogP contribution in [-0.4, -0.2) is 12.4 Å². The molecular formula is C7H13NS. The van der Waals surface area contributed by atoms with Gasteiger partial charge in [0.15, 0.2) is 0 Å². The highest BCUT2D eigenvalue weighted by atomic mass is 32.1. The van der Waals surface area contributed by atoms with Crippen molar-refractivity contribution in [2.45, 2.75) is 12.3 Å². The smallest absolute Gasteiger partial charge is 0.0690 e. The molecule has 1 unspecified atom stereocenters. The average Bonchev–Trinajstić information content (AvgIpc) is 1.89. The van der Waals surface area contributed by atoms with E-state index in [0.29, 0.717) is 0 Å². The molecule has 0 spiro atoms. The van der Waals surface area contributed by atoms with Crippen molar-refractivity contribution in [2.24, 2.45) is 0 Å². The summed E-state index contributed by atoms with van der Waals surface area (Å²) < 4.78 is 0. The van der Waals surface area contributed by atoms with Gasteiger partial charge in [0, 0.05) is 0 Å². The molecule has 0 aliphatic carbocycles. The maximum absolute atomic E-state index is 4.17. The summed E-state index contributed by atoms with van der Waals surface area (Å²) in [6.45, 7) is 1.98. The van der Waals surface area contributed by atoms with Crippen LogP contribution in [0.25, 0.3) is 0 Å². The molecule has 0 aromatic rings. The van der Waals surface area contributed by atoms with Gasteiger partial charge < -0.3 is 5.32 Å². The van der Waals surface area contributed by atoms with E-state index in [0.717, 1.165) is 0 Å². The van der Waals surface area contributed by atoms with Gasteiger partial charge in [-0.25, -0.2) is 0 Å². The van der Waals surface area contributed by atoms with Crippen molar-refractivity contribution in [3.05, 3.63) is 24.3 Å². The molecule has 1 N–H and O–H groups in total. The van der Waals surface area contributed by atoms with Crippen molar-refractivity contribution in [1.82, 2.24) is 5.32 Å². The second kappa shape index (κ2) is 5.92. The van der Waals surface area contributed by atoms with Crippen LogP contribution in [0, 0.1) is 0 Å². The number of nitrogens with one attached hydrogen (secondary N) is 1. The summed E-state index contributed by atoms with van der Waals surface area (Å²) in [5, 5.41) is 3.14. The molecular weight excluding hydrogens is 130 g/mol. The molecule has 0 heterocycles. The monoisotopic (exact) mass is 143 g/mol. The van der Waals surface area contributed by atoms with E-state index in [-0.39, 0.29) is 5.37 Å². The highest BCUT2D eigenvalue weighted by molar-refractivity contribution is 7.81. The molecule has 0 aliphatic heterocycles. The van der Waals surface area contributed by atoms with E-state index in [4.69, 9.17) is 0 Å². The van der Waals surface area contributed by atoms with E-state index in [1.807, 2.05) is 38.3 Å². The van der Waals surface area contributed by atoms with Crippen LogP contribution >= 0.6 is 12.6 Å². The lowest BCUT2D eigenvalue weighted by atomic mass is 10.4. The van der Waals surface area contributed by atoms with Gasteiger partial charge in [0.2, 0.25) is 0 Å². The molecule has 0 aromatic heterocycles. The predicted octanol–water partition coefficient (Wildman–Crippen LogP) is 1.59. The minimum atomic E-state index is 0.168. The van der Waals surface area contributed by atoms with E-state index in [1.54, 1.807) is 0 Å². The topological polar surface area (TPSA) is 12.0 Å². The summed E-state index contributed by atoms with van der Waals surface area (Å²) in [4.78, 5) is 0. The van der Waals surface area contributed by atoms with Crippen LogP contribution in [0.4, 0.5) is 0 Å². The Bertz CT molecular complexity index is 107. The molecule has 9 heavy (non-hydrogen) atoms. The van der Waals surface area contributed by atoms with E-state index in [1.165, 1.54) is 0 Å². The van der Waals surface area contributed by atoms with Gasteiger partial charge >= 0.3 is 0 Å². The zero-order chi connectivity index (χ0) is 7.11. The highest BCUT2D eigenvalue weighted by Gasteiger charge is 1.85. The van der Waals surface area contributed by atoms with Crippen LogP contribution in [0.3, 0.4) is 0 Å². The Kier molecular flexibility index (Phi) is 5.78. The summed E-state index contributed by atoms with van der Waals surface area (Å²) in [5.41, 5.74) is 0. The van der Waals surface area contributed by atoms with E-state index < -0.39 is 0 Å². The summed E-state index contributed by atoms with van der Waals surface area (Å²) >= 11 is 4.17. The minimum absolute atomic E-state index is 0.168. The van der Waals surface area contributed by atoms with Crippen molar-refractivity contribution in [2.75, 3.05) is 7.05 Å². The number of allylic oxidation sites excluding steroid dienone is 3. The molecule has 0 bridgehead atoms. The Balaban J connectivity index is 3.43. The Hall–Kier alpha value is -0.210. The average molecular weight is 143 g/mol.